The van der Waals surface area contributed by atoms with E-state index in [1.165, 1.54) is 12.1 Å². The largest absolute Gasteiger partial charge is 0.357 e. The van der Waals surface area contributed by atoms with Gasteiger partial charge >= 0.3 is 0 Å². The number of pyridine rings is 1. The second-order valence-electron chi connectivity index (χ2n) is 6.26. The second-order valence-corrected chi connectivity index (χ2v) is 6.26. The highest BCUT2D eigenvalue weighted by Gasteiger charge is 2.26. The van der Waals surface area contributed by atoms with E-state index >= 15 is 0 Å². The zero-order valence-electron chi connectivity index (χ0n) is 13.2. The molecule has 1 aliphatic heterocycles. The van der Waals surface area contributed by atoms with Crippen LogP contribution in [0.2, 0.25) is 0 Å². The molecule has 0 saturated carbocycles. The molecule has 4 nitrogen and oxygen atoms in total. The quantitative estimate of drug-likeness (QED) is 0.781. The molecule has 1 saturated heterocycles. The standard InChI is InChI=1S/C19H18FN3O/c20-15-7-5-13(6-8-15)19(24)23-10-2-3-14(12-23)17-11-18-16(22-17)4-1-9-21-18/h1,4-9,11,14,22H,2-3,10,12H2. The first-order chi connectivity index (χ1) is 11.7. The summed E-state index contributed by atoms with van der Waals surface area (Å²) in [6.45, 7) is 1.41. The van der Waals surface area contributed by atoms with E-state index in [1.807, 2.05) is 17.0 Å². The monoisotopic (exact) mass is 323 g/mol. The van der Waals surface area contributed by atoms with Gasteiger partial charge in [-0.3, -0.25) is 9.78 Å². The second kappa shape index (κ2) is 6.07. The smallest absolute Gasteiger partial charge is 0.253 e. The number of rotatable bonds is 2. The topological polar surface area (TPSA) is 49.0 Å². The number of nitrogens with one attached hydrogen (secondary N) is 1. The van der Waals surface area contributed by atoms with Gasteiger partial charge in [0.25, 0.3) is 5.91 Å². The van der Waals surface area contributed by atoms with Gasteiger partial charge in [0.05, 0.1) is 11.0 Å². The minimum Gasteiger partial charge on any atom is -0.357 e. The van der Waals surface area contributed by atoms with Gasteiger partial charge in [-0.1, -0.05) is 0 Å². The number of likely N-dealkylation sites (tertiary alicyclic amines) is 1. The lowest BCUT2D eigenvalue weighted by atomic mass is 9.94. The van der Waals surface area contributed by atoms with Gasteiger partial charge in [-0.25, -0.2) is 4.39 Å². The maximum absolute atomic E-state index is 13.0. The molecule has 3 heterocycles. The van der Waals surface area contributed by atoms with Crippen molar-refractivity contribution in [2.75, 3.05) is 13.1 Å². The van der Waals surface area contributed by atoms with Gasteiger partial charge in [-0.2, -0.15) is 0 Å². The molecule has 1 fully saturated rings. The van der Waals surface area contributed by atoms with E-state index in [9.17, 15) is 9.18 Å². The fourth-order valence-corrected chi connectivity index (χ4v) is 3.39. The molecule has 3 aromatic rings. The van der Waals surface area contributed by atoms with Crippen molar-refractivity contribution < 1.29 is 9.18 Å². The van der Waals surface area contributed by atoms with Gasteiger partial charge in [0.15, 0.2) is 0 Å². The number of aromatic amines is 1. The van der Waals surface area contributed by atoms with Crippen LogP contribution in [-0.4, -0.2) is 33.9 Å². The predicted octanol–water partition coefficient (Wildman–Crippen LogP) is 3.72. The van der Waals surface area contributed by atoms with Crippen LogP contribution in [0.5, 0.6) is 0 Å². The van der Waals surface area contributed by atoms with Crippen LogP contribution in [0.25, 0.3) is 11.0 Å². The lowest BCUT2D eigenvalue weighted by molar-refractivity contribution is 0.0706. The normalized spacial score (nSPS) is 18.0. The SMILES string of the molecule is O=C(c1ccc(F)cc1)N1CCCC(c2cc3ncccc3[nH]2)C1. The Morgan fingerprint density at radius 1 is 1.25 bits per heavy atom. The number of benzene rings is 1. The number of hydrogen-bond donors (Lipinski definition) is 1. The van der Waals surface area contributed by atoms with E-state index in [0.717, 1.165) is 36.1 Å². The zero-order chi connectivity index (χ0) is 16.5. The Morgan fingerprint density at radius 2 is 2.08 bits per heavy atom. The molecule has 0 spiro atoms. The van der Waals surface area contributed by atoms with E-state index in [4.69, 9.17) is 0 Å². The summed E-state index contributed by atoms with van der Waals surface area (Å²) in [7, 11) is 0. The summed E-state index contributed by atoms with van der Waals surface area (Å²) in [6, 6.07) is 11.8. The third-order valence-corrected chi connectivity index (χ3v) is 4.65. The van der Waals surface area contributed by atoms with Gasteiger partial charge in [-0.15, -0.1) is 0 Å². The molecule has 0 radical (unpaired) electrons. The minimum atomic E-state index is -0.325. The number of aromatic nitrogens is 2. The van der Waals surface area contributed by atoms with Crippen molar-refractivity contribution in [3.05, 3.63) is 65.7 Å². The molecule has 122 valence electrons. The van der Waals surface area contributed by atoms with Crippen molar-refractivity contribution in [2.24, 2.45) is 0 Å². The fraction of sp³-hybridized carbons (Fsp3) is 0.263. The number of carbonyl (C=O) groups is 1. The number of fused-ring (bicyclic) bond motifs is 1. The molecule has 1 N–H and O–H groups in total. The Bertz CT molecular complexity index is 839. The molecule has 1 atom stereocenters. The third kappa shape index (κ3) is 2.77. The van der Waals surface area contributed by atoms with Gasteiger partial charge in [0, 0.05) is 36.5 Å². The predicted molar refractivity (Wildman–Crippen MR) is 90.4 cm³/mol. The minimum absolute atomic E-state index is 0.0334. The molecular formula is C19H18FN3O. The molecule has 4 rings (SSSR count). The number of nitrogens with zero attached hydrogens (tertiary/aromatic N) is 2. The van der Waals surface area contributed by atoms with Crippen LogP contribution in [0.4, 0.5) is 4.39 Å². The molecule has 1 aliphatic rings. The first-order valence-electron chi connectivity index (χ1n) is 8.19. The van der Waals surface area contributed by atoms with Gasteiger partial charge < -0.3 is 9.88 Å². The van der Waals surface area contributed by atoms with Crippen molar-refractivity contribution in [1.82, 2.24) is 14.9 Å². The molecule has 2 aromatic heterocycles. The van der Waals surface area contributed by atoms with Crippen molar-refractivity contribution in [3.63, 3.8) is 0 Å². The van der Waals surface area contributed by atoms with Gasteiger partial charge in [-0.05, 0) is 55.3 Å². The summed E-state index contributed by atoms with van der Waals surface area (Å²) in [5, 5.41) is 0. The molecule has 0 aliphatic carbocycles. The van der Waals surface area contributed by atoms with E-state index < -0.39 is 0 Å². The average molecular weight is 323 g/mol. The maximum atomic E-state index is 13.0. The average Bonchev–Trinajstić information content (AvgIpc) is 3.06. The van der Waals surface area contributed by atoms with Crippen LogP contribution in [0, 0.1) is 5.82 Å². The van der Waals surface area contributed by atoms with Crippen molar-refractivity contribution >= 4 is 16.9 Å². The highest BCUT2D eigenvalue weighted by Crippen LogP contribution is 2.29. The number of halogens is 1. The fourth-order valence-electron chi connectivity index (χ4n) is 3.39. The van der Waals surface area contributed by atoms with Crippen LogP contribution >= 0.6 is 0 Å². The summed E-state index contributed by atoms with van der Waals surface area (Å²) >= 11 is 0. The highest BCUT2D eigenvalue weighted by molar-refractivity contribution is 5.94. The van der Waals surface area contributed by atoms with Crippen LogP contribution < -0.4 is 0 Å². The number of piperidine rings is 1. The van der Waals surface area contributed by atoms with Crippen molar-refractivity contribution in [2.45, 2.75) is 18.8 Å². The molecule has 0 bridgehead atoms. The summed E-state index contributed by atoms with van der Waals surface area (Å²) in [5.74, 6) is -0.0834. The van der Waals surface area contributed by atoms with Crippen LogP contribution in [0.1, 0.15) is 34.8 Å². The van der Waals surface area contributed by atoms with Crippen LogP contribution in [-0.2, 0) is 0 Å². The first-order valence-corrected chi connectivity index (χ1v) is 8.19. The molecule has 24 heavy (non-hydrogen) atoms. The maximum Gasteiger partial charge on any atom is 0.253 e. The van der Waals surface area contributed by atoms with Crippen molar-refractivity contribution in [1.29, 1.82) is 0 Å². The van der Waals surface area contributed by atoms with E-state index in [2.05, 4.69) is 16.0 Å². The lowest BCUT2D eigenvalue weighted by Crippen LogP contribution is -2.39. The molecular weight excluding hydrogens is 305 g/mol. The van der Waals surface area contributed by atoms with E-state index in [-0.39, 0.29) is 17.6 Å². The number of carbonyl (C=O) groups excluding carboxylic acids is 1. The number of H-pyrrole nitrogens is 1. The van der Waals surface area contributed by atoms with E-state index in [1.54, 1.807) is 18.3 Å². The Balaban J connectivity index is 1.54. The number of hydrogen-bond acceptors (Lipinski definition) is 2. The van der Waals surface area contributed by atoms with Crippen molar-refractivity contribution in [3.8, 4) is 0 Å². The summed E-state index contributed by atoms with van der Waals surface area (Å²) in [4.78, 5) is 22.3. The number of amides is 1. The highest BCUT2D eigenvalue weighted by atomic mass is 19.1. The van der Waals surface area contributed by atoms with Crippen LogP contribution in [0.3, 0.4) is 0 Å². The molecule has 1 aromatic carbocycles. The molecule has 1 unspecified atom stereocenters. The van der Waals surface area contributed by atoms with E-state index in [0.29, 0.717) is 12.1 Å². The molecule has 1 amide bonds. The Hall–Kier alpha value is -2.69. The summed E-state index contributed by atoms with van der Waals surface area (Å²) in [5.41, 5.74) is 3.64. The lowest BCUT2D eigenvalue weighted by Gasteiger charge is -2.32. The summed E-state index contributed by atoms with van der Waals surface area (Å²) < 4.78 is 13.0. The molecule has 5 heteroatoms. The Morgan fingerprint density at radius 3 is 2.88 bits per heavy atom. The van der Waals surface area contributed by atoms with Gasteiger partial charge in [0.2, 0.25) is 0 Å². The van der Waals surface area contributed by atoms with Crippen LogP contribution in [0.15, 0.2) is 48.7 Å². The Kier molecular flexibility index (Phi) is 3.76. The third-order valence-electron chi connectivity index (χ3n) is 4.65. The summed E-state index contributed by atoms with van der Waals surface area (Å²) in [6.07, 6.45) is 3.78. The first kappa shape index (κ1) is 14.9. The Labute approximate surface area is 139 Å². The zero-order valence-corrected chi connectivity index (χ0v) is 13.2. The van der Waals surface area contributed by atoms with Gasteiger partial charge in [0.1, 0.15) is 5.82 Å².